The summed E-state index contributed by atoms with van der Waals surface area (Å²) in [5, 5.41) is 3.07. The molecule has 0 fully saturated rings. The van der Waals surface area contributed by atoms with Gasteiger partial charge in [0.2, 0.25) is 0 Å². The highest BCUT2D eigenvalue weighted by Gasteiger charge is 2.12. The summed E-state index contributed by atoms with van der Waals surface area (Å²) in [4.78, 5) is 22.7. The fraction of sp³-hybridized carbons (Fsp3) is 0. The standard InChI is InChI=1S/C14H7BrClNO4S/c15-9-5-11-12(22-14(19)21-11)6-10(9)20-13(18)17-8-3-1-2-7(16)4-8/h1-6H,(H,17,18). The molecule has 1 amide bonds. The van der Waals surface area contributed by atoms with Crippen molar-refractivity contribution in [3.8, 4) is 5.75 Å². The number of hydrogen-bond acceptors (Lipinski definition) is 5. The molecule has 2 aromatic carbocycles. The first-order chi connectivity index (χ1) is 10.5. The molecule has 0 aliphatic carbocycles. The topological polar surface area (TPSA) is 68.5 Å². The van der Waals surface area contributed by atoms with Crippen LogP contribution in [0.2, 0.25) is 5.02 Å². The van der Waals surface area contributed by atoms with Crippen LogP contribution in [-0.2, 0) is 0 Å². The Kier molecular flexibility index (Phi) is 4.19. The molecule has 112 valence electrons. The maximum Gasteiger partial charge on any atom is 0.417 e. The number of benzene rings is 2. The van der Waals surface area contributed by atoms with Crippen LogP contribution in [0.5, 0.6) is 5.75 Å². The van der Waals surface area contributed by atoms with Crippen molar-refractivity contribution < 1.29 is 13.9 Å². The molecule has 3 aromatic rings. The summed E-state index contributed by atoms with van der Waals surface area (Å²) in [5.74, 6) is 0.282. The summed E-state index contributed by atoms with van der Waals surface area (Å²) >= 11 is 10.0. The fourth-order valence-corrected chi connectivity index (χ4v) is 3.04. The molecule has 0 saturated heterocycles. The third kappa shape index (κ3) is 3.32. The van der Waals surface area contributed by atoms with Gasteiger partial charge in [-0.05, 0) is 34.1 Å². The van der Waals surface area contributed by atoms with Crippen molar-refractivity contribution in [2.24, 2.45) is 0 Å². The van der Waals surface area contributed by atoms with Crippen LogP contribution < -0.4 is 15.0 Å². The molecule has 22 heavy (non-hydrogen) atoms. The lowest BCUT2D eigenvalue weighted by atomic mass is 10.3. The van der Waals surface area contributed by atoms with E-state index in [9.17, 15) is 9.59 Å². The average molecular weight is 401 g/mol. The van der Waals surface area contributed by atoms with E-state index in [0.29, 0.717) is 25.5 Å². The lowest BCUT2D eigenvalue weighted by Crippen LogP contribution is -2.16. The molecule has 3 rings (SSSR count). The number of anilines is 1. The number of ether oxygens (including phenoxy) is 1. The minimum absolute atomic E-state index is 0.282. The van der Waals surface area contributed by atoms with Gasteiger partial charge in [0.1, 0.15) is 5.75 Å². The van der Waals surface area contributed by atoms with E-state index >= 15 is 0 Å². The minimum Gasteiger partial charge on any atom is -0.414 e. The van der Waals surface area contributed by atoms with Crippen LogP contribution in [0.25, 0.3) is 10.3 Å². The van der Waals surface area contributed by atoms with Crippen molar-refractivity contribution in [3.63, 3.8) is 0 Å². The van der Waals surface area contributed by atoms with Crippen LogP contribution in [-0.4, -0.2) is 6.09 Å². The summed E-state index contributed by atoms with van der Waals surface area (Å²) < 4.78 is 11.3. The Bertz CT molecular complexity index is 921. The highest BCUT2D eigenvalue weighted by Crippen LogP contribution is 2.32. The maximum absolute atomic E-state index is 11.9. The molecule has 0 bridgehead atoms. The van der Waals surface area contributed by atoms with Crippen molar-refractivity contribution in [1.29, 1.82) is 0 Å². The van der Waals surface area contributed by atoms with E-state index in [1.54, 1.807) is 36.4 Å². The molecular weight excluding hydrogens is 394 g/mol. The van der Waals surface area contributed by atoms with Gasteiger partial charge in [-0.2, -0.15) is 0 Å². The Hall–Kier alpha value is -1.83. The largest absolute Gasteiger partial charge is 0.417 e. The zero-order valence-electron chi connectivity index (χ0n) is 10.8. The first-order valence-corrected chi connectivity index (χ1v) is 7.97. The molecule has 1 heterocycles. The lowest BCUT2D eigenvalue weighted by molar-refractivity contribution is 0.215. The Balaban J connectivity index is 1.81. The molecule has 0 saturated carbocycles. The molecular formula is C14H7BrClNO4S. The summed E-state index contributed by atoms with van der Waals surface area (Å²) in [7, 11) is 0. The molecule has 0 unspecified atom stereocenters. The second-order valence-corrected chi connectivity index (χ2v) is 6.48. The summed E-state index contributed by atoms with van der Waals surface area (Å²) in [6.45, 7) is 0. The van der Waals surface area contributed by atoms with Gasteiger partial charge in [-0.3, -0.25) is 5.32 Å². The van der Waals surface area contributed by atoms with Crippen LogP contribution in [0.4, 0.5) is 10.5 Å². The zero-order chi connectivity index (χ0) is 15.7. The van der Waals surface area contributed by atoms with Crippen LogP contribution in [0.3, 0.4) is 0 Å². The first-order valence-electron chi connectivity index (χ1n) is 5.99. The van der Waals surface area contributed by atoms with E-state index in [4.69, 9.17) is 20.8 Å². The van der Waals surface area contributed by atoms with E-state index in [-0.39, 0.29) is 5.75 Å². The van der Waals surface area contributed by atoms with E-state index in [1.807, 2.05) is 0 Å². The minimum atomic E-state index is -0.668. The highest BCUT2D eigenvalue weighted by molar-refractivity contribution is 9.10. The van der Waals surface area contributed by atoms with Gasteiger partial charge in [0.25, 0.3) is 0 Å². The van der Waals surface area contributed by atoms with Crippen molar-refractivity contribution >= 4 is 60.9 Å². The predicted octanol–water partition coefficient (Wildman–Crippen LogP) is 4.88. The summed E-state index contributed by atoms with van der Waals surface area (Å²) in [6.07, 6.45) is -0.668. The average Bonchev–Trinajstić information content (AvgIpc) is 2.78. The Morgan fingerprint density at radius 1 is 1.32 bits per heavy atom. The van der Waals surface area contributed by atoms with Gasteiger partial charge in [-0.15, -0.1) is 0 Å². The molecule has 0 aliphatic heterocycles. The molecule has 0 atom stereocenters. The van der Waals surface area contributed by atoms with E-state index in [2.05, 4.69) is 21.2 Å². The quantitative estimate of drug-likeness (QED) is 0.665. The van der Waals surface area contributed by atoms with Crippen LogP contribution in [0.15, 0.2) is 50.1 Å². The number of nitrogens with one attached hydrogen (secondary N) is 1. The van der Waals surface area contributed by atoms with Gasteiger partial charge in [-0.25, -0.2) is 9.59 Å². The third-order valence-corrected chi connectivity index (χ3v) is 4.30. The number of rotatable bonds is 2. The van der Waals surface area contributed by atoms with Crippen molar-refractivity contribution in [1.82, 2.24) is 0 Å². The maximum atomic E-state index is 11.9. The molecule has 1 aromatic heterocycles. The Labute approximate surface area is 141 Å². The third-order valence-electron chi connectivity index (χ3n) is 2.66. The highest BCUT2D eigenvalue weighted by atomic mass is 79.9. The fourth-order valence-electron chi connectivity index (χ4n) is 1.76. The number of carbonyl (C=O) groups excluding carboxylic acids is 1. The predicted molar refractivity (Wildman–Crippen MR) is 89.2 cm³/mol. The summed E-state index contributed by atoms with van der Waals surface area (Å²) in [6, 6.07) is 9.84. The van der Waals surface area contributed by atoms with Gasteiger partial charge < -0.3 is 9.15 Å². The monoisotopic (exact) mass is 399 g/mol. The molecule has 1 N–H and O–H groups in total. The van der Waals surface area contributed by atoms with E-state index < -0.39 is 11.0 Å². The van der Waals surface area contributed by atoms with Crippen molar-refractivity contribution in [2.75, 3.05) is 5.32 Å². The smallest absolute Gasteiger partial charge is 0.414 e. The Morgan fingerprint density at radius 2 is 2.14 bits per heavy atom. The van der Waals surface area contributed by atoms with Gasteiger partial charge in [0.05, 0.1) is 9.17 Å². The SMILES string of the molecule is O=C(Nc1cccc(Cl)c1)Oc1cc2sc(=O)oc2cc1Br. The Morgan fingerprint density at radius 3 is 2.91 bits per heavy atom. The zero-order valence-corrected chi connectivity index (χ0v) is 13.9. The van der Waals surface area contributed by atoms with Crippen molar-refractivity contribution in [2.45, 2.75) is 0 Å². The van der Waals surface area contributed by atoms with Crippen LogP contribution in [0, 0.1) is 0 Å². The molecule has 8 heteroatoms. The number of fused-ring (bicyclic) bond motifs is 1. The number of hydrogen-bond donors (Lipinski definition) is 1. The molecule has 0 aliphatic rings. The van der Waals surface area contributed by atoms with Crippen LogP contribution in [0.1, 0.15) is 0 Å². The number of carbonyl (C=O) groups is 1. The lowest BCUT2D eigenvalue weighted by Gasteiger charge is -2.08. The van der Waals surface area contributed by atoms with E-state index in [1.165, 1.54) is 0 Å². The molecule has 0 radical (unpaired) electrons. The first kappa shape index (κ1) is 15.1. The summed E-state index contributed by atoms with van der Waals surface area (Å²) in [5.41, 5.74) is 0.951. The van der Waals surface area contributed by atoms with E-state index in [0.717, 1.165) is 11.3 Å². The van der Waals surface area contributed by atoms with Gasteiger partial charge >= 0.3 is 11.0 Å². The van der Waals surface area contributed by atoms with Gasteiger partial charge in [-0.1, -0.05) is 29.0 Å². The number of halogens is 2. The number of amides is 1. The normalized spacial score (nSPS) is 10.6. The molecule has 5 nitrogen and oxygen atoms in total. The molecule has 0 spiro atoms. The van der Waals surface area contributed by atoms with Crippen LogP contribution >= 0.6 is 38.9 Å². The second kappa shape index (κ2) is 6.12. The van der Waals surface area contributed by atoms with Gasteiger partial charge in [0.15, 0.2) is 5.58 Å². The van der Waals surface area contributed by atoms with Gasteiger partial charge in [0, 0.05) is 22.8 Å². The van der Waals surface area contributed by atoms with Crippen molar-refractivity contribution in [3.05, 3.63) is 55.6 Å². The second-order valence-electron chi connectivity index (χ2n) is 4.21.